The van der Waals surface area contributed by atoms with E-state index in [1.54, 1.807) is 0 Å². The fourth-order valence-corrected chi connectivity index (χ4v) is 3.26. The summed E-state index contributed by atoms with van der Waals surface area (Å²) in [6, 6.07) is 0.405. The molecule has 5 heteroatoms. The third kappa shape index (κ3) is 2.88. The van der Waals surface area contributed by atoms with Crippen molar-refractivity contribution in [1.82, 2.24) is 14.5 Å². The second-order valence-corrected chi connectivity index (χ2v) is 5.76. The van der Waals surface area contributed by atoms with Gasteiger partial charge in [-0.3, -0.25) is 4.79 Å². The number of aryl methyl sites for hydroxylation is 1. The van der Waals surface area contributed by atoms with Crippen LogP contribution in [-0.4, -0.2) is 33.5 Å². The molecule has 1 aliphatic rings. The van der Waals surface area contributed by atoms with E-state index in [0.717, 1.165) is 36.3 Å². The summed E-state index contributed by atoms with van der Waals surface area (Å²) in [5, 5.41) is 4.08. The first-order valence-electron chi connectivity index (χ1n) is 6.82. The van der Waals surface area contributed by atoms with Crippen LogP contribution in [-0.2, 0) is 6.42 Å². The van der Waals surface area contributed by atoms with Crippen molar-refractivity contribution in [1.29, 1.82) is 0 Å². The molecule has 0 aromatic carbocycles. The Bertz CT molecular complexity index is 399. The lowest BCUT2D eigenvalue weighted by atomic mass is 9.94. The van der Waals surface area contributed by atoms with Crippen LogP contribution in [0.1, 0.15) is 60.8 Å². The minimum absolute atomic E-state index is 0.111. The minimum Gasteiger partial charge on any atom is -0.338 e. The molecule has 100 valence electrons. The average molecular weight is 267 g/mol. The first kappa shape index (κ1) is 13.5. The molecule has 4 nitrogen and oxygen atoms in total. The summed E-state index contributed by atoms with van der Waals surface area (Å²) in [5.74, 6) is 0.111. The second kappa shape index (κ2) is 6.27. The molecule has 0 aliphatic heterocycles. The highest BCUT2D eigenvalue weighted by Gasteiger charge is 2.26. The maximum Gasteiger partial charge on any atom is 0.267 e. The molecule has 1 aromatic rings. The van der Waals surface area contributed by atoms with Crippen molar-refractivity contribution >= 4 is 17.4 Å². The van der Waals surface area contributed by atoms with Crippen molar-refractivity contribution in [2.24, 2.45) is 0 Å². The third-order valence-corrected chi connectivity index (χ3v) is 4.44. The zero-order valence-electron chi connectivity index (χ0n) is 11.2. The average Bonchev–Trinajstić information content (AvgIpc) is 2.87. The van der Waals surface area contributed by atoms with Gasteiger partial charge in [0.1, 0.15) is 4.88 Å². The Kier molecular flexibility index (Phi) is 4.69. The Labute approximate surface area is 113 Å². The van der Waals surface area contributed by atoms with Gasteiger partial charge < -0.3 is 4.90 Å². The zero-order chi connectivity index (χ0) is 13.0. The maximum absolute atomic E-state index is 12.5. The molecule has 2 rings (SSSR count). The first-order chi connectivity index (χ1) is 8.74. The molecular weight excluding hydrogens is 246 g/mol. The van der Waals surface area contributed by atoms with Crippen molar-refractivity contribution in [3.8, 4) is 0 Å². The number of hydrogen-bond acceptors (Lipinski definition) is 4. The van der Waals surface area contributed by atoms with Gasteiger partial charge in [0.25, 0.3) is 5.91 Å². The molecule has 1 aromatic heterocycles. The molecule has 0 N–H and O–H groups in total. The van der Waals surface area contributed by atoms with E-state index < -0.39 is 0 Å². The molecule has 1 saturated carbocycles. The lowest BCUT2D eigenvalue weighted by Crippen LogP contribution is -2.38. The lowest BCUT2D eigenvalue weighted by Gasteiger charge is -2.30. The molecule has 1 aliphatic carbocycles. The van der Waals surface area contributed by atoms with Gasteiger partial charge in [-0.1, -0.05) is 37.1 Å². The fourth-order valence-electron chi connectivity index (χ4n) is 2.57. The summed E-state index contributed by atoms with van der Waals surface area (Å²) in [6.45, 7) is 2.10. The summed E-state index contributed by atoms with van der Waals surface area (Å²) < 4.78 is 3.93. The van der Waals surface area contributed by atoms with Gasteiger partial charge in [-0.25, -0.2) is 0 Å². The topological polar surface area (TPSA) is 46.1 Å². The monoisotopic (exact) mass is 267 g/mol. The number of rotatable bonds is 4. The number of amides is 1. The Morgan fingerprint density at radius 1 is 1.39 bits per heavy atom. The van der Waals surface area contributed by atoms with E-state index >= 15 is 0 Å². The van der Waals surface area contributed by atoms with E-state index in [1.807, 2.05) is 11.9 Å². The predicted octanol–water partition coefficient (Wildman–Crippen LogP) is 2.90. The maximum atomic E-state index is 12.5. The number of aromatic nitrogens is 2. The van der Waals surface area contributed by atoms with Gasteiger partial charge in [-0.2, -0.15) is 0 Å². The van der Waals surface area contributed by atoms with Crippen LogP contribution in [0.4, 0.5) is 0 Å². The van der Waals surface area contributed by atoms with Crippen LogP contribution < -0.4 is 0 Å². The third-order valence-electron chi connectivity index (χ3n) is 3.68. The van der Waals surface area contributed by atoms with E-state index in [2.05, 4.69) is 16.5 Å². The molecule has 18 heavy (non-hydrogen) atoms. The molecule has 0 spiro atoms. The van der Waals surface area contributed by atoms with Crippen LogP contribution in [0, 0.1) is 0 Å². The Morgan fingerprint density at radius 3 is 2.78 bits per heavy atom. The van der Waals surface area contributed by atoms with Gasteiger partial charge in [0.15, 0.2) is 0 Å². The van der Waals surface area contributed by atoms with E-state index in [9.17, 15) is 4.79 Å². The van der Waals surface area contributed by atoms with Gasteiger partial charge in [0.05, 0.1) is 5.69 Å². The summed E-state index contributed by atoms with van der Waals surface area (Å²) in [7, 11) is 1.92. The normalized spacial score (nSPS) is 16.8. The Balaban J connectivity index is 2.07. The van der Waals surface area contributed by atoms with E-state index in [0.29, 0.717) is 6.04 Å². The summed E-state index contributed by atoms with van der Waals surface area (Å²) in [6.07, 6.45) is 7.90. The molecule has 0 unspecified atom stereocenters. The molecule has 0 saturated heterocycles. The minimum atomic E-state index is 0.111. The van der Waals surface area contributed by atoms with Crippen molar-refractivity contribution in [3.05, 3.63) is 10.6 Å². The highest BCUT2D eigenvalue weighted by atomic mass is 32.1. The van der Waals surface area contributed by atoms with E-state index in [1.165, 1.54) is 30.8 Å². The summed E-state index contributed by atoms with van der Waals surface area (Å²) >= 11 is 1.24. The smallest absolute Gasteiger partial charge is 0.267 e. The first-order valence-corrected chi connectivity index (χ1v) is 7.59. The Morgan fingerprint density at radius 2 is 2.11 bits per heavy atom. The lowest BCUT2D eigenvalue weighted by molar-refractivity contribution is 0.0700. The quantitative estimate of drug-likeness (QED) is 0.842. The van der Waals surface area contributed by atoms with Gasteiger partial charge >= 0.3 is 0 Å². The van der Waals surface area contributed by atoms with Gasteiger partial charge in [0.2, 0.25) is 0 Å². The largest absolute Gasteiger partial charge is 0.338 e. The van der Waals surface area contributed by atoms with Crippen LogP contribution in [0.5, 0.6) is 0 Å². The number of hydrogen-bond donors (Lipinski definition) is 0. The molecule has 1 fully saturated rings. The fraction of sp³-hybridized carbons (Fsp3) is 0.769. The molecule has 1 heterocycles. The van der Waals surface area contributed by atoms with Crippen LogP contribution in [0.2, 0.25) is 0 Å². The molecule has 0 atom stereocenters. The van der Waals surface area contributed by atoms with Gasteiger partial charge in [0, 0.05) is 13.1 Å². The van der Waals surface area contributed by atoms with Crippen LogP contribution >= 0.6 is 11.5 Å². The van der Waals surface area contributed by atoms with Crippen molar-refractivity contribution in [3.63, 3.8) is 0 Å². The second-order valence-electron chi connectivity index (χ2n) is 5.01. The molecule has 0 bridgehead atoms. The SMILES string of the molecule is CCCc1nnsc1C(=O)N(C)C1CCCCC1. The summed E-state index contributed by atoms with van der Waals surface area (Å²) in [4.78, 5) is 15.1. The van der Waals surface area contributed by atoms with Gasteiger partial charge in [-0.05, 0) is 30.8 Å². The highest BCUT2D eigenvalue weighted by molar-refractivity contribution is 7.08. The number of carbonyl (C=O) groups excluding carboxylic acids is 1. The number of carbonyl (C=O) groups is 1. The standard InChI is InChI=1S/C13H21N3OS/c1-3-7-11-12(18-15-14-11)13(17)16(2)10-8-5-4-6-9-10/h10H,3-9H2,1-2H3. The van der Waals surface area contributed by atoms with Crippen molar-refractivity contribution in [2.45, 2.75) is 57.9 Å². The van der Waals surface area contributed by atoms with E-state index in [-0.39, 0.29) is 5.91 Å². The van der Waals surface area contributed by atoms with E-state index in [4.69, 9.17) is 0 Å². The Hall–Kier alpha value is -0.970. The van der Waals surface area contributed by atoms with Crippen molar-refractivity contribution < 1.29 is 4.79 Å². The van der Waals surface area contributed by atoms with Crippen molar-refractivity contribution in [2.75, 3.05) is 7.05 Å². The van der Waals surface area contributed by atoms with Crippen LogP contribution in [0.15, 0.2) is 0 Å². The van der Waals surface area contributed by atoms with Crippen LogP contribution in [0.25, 0.3) is 0 Å². The molecule has 1 amide bonds. The molecular formula is C13H21N3OS. The zero-order valence-corrected chi connectivity index (χ0v) is 12.0. The van der Waals surface area contributed by atoms with Gasteiger partial charge in [-0.15, -0.1) is 5.10 Å². The molecule has 0 radical (unpaired) electrons. The predicted molar refractivity (Wildman–Crippen MR) is 72.9 cm³/mol. The number of nitrogens with zero attached hydrogens (tertiary/aromatic N) is 3. The highest BCUT2D eigenvalue weighted by Crippen LogP contribution is 2.24. The van der Waals surface area contributed by atoms with Crippen LogP contribution in [0.3, 0.4) is 0 Å². The summed E-state index contributed by atoms with van der Waals surface area (Å²) in [5.41, 5.74) is 0.871.